The van der Waals surface area contributed by atoms with Gasteiger partial charge < -0.3 is 10.1 Å². The predicted molar refractivity (Wildman–Crippen MR) is 88.9 cm³/mol. The van der Waals surface area contributed by atoms with Crippen LogP contribution in [-0.2, 0) is 4.74 Å². The summed E-state index contributed by atoms with van der Waals surface area (Å²) >= 11 is 1.85. The largest absolute Gasteiger partial charge is 0.381 e. The van der Waals surface area contributed by atoms with Crippen molar-refractivity contribution in [1.29, 1.82) is 0 Å². The van der Waals surface area contributed by atoms with Crippen molar-refractivity contribution >= 4 is 11.3 Å². The third kappa shape index (κ3) is 3.67. The number of hydrogen-bond acceptors (Lipinski definition) is 4. The highest BCUT2D eigenvalue weighted by Gasteiger charge is 2.38. The van der Waals surface area contributed by atoms with Gasteiger partial charge in [0.25, 0.3) is 0 Å². The molecule has 118 valence electrons. The van der Waals surface area contributed by atoms with Gasteiger partial charge in [-0.05, 0) is 57.1 Å². The van der Waals surface area contributed by atoms with Gasteiger partial charge in [-0.1, -0.05) is 12.5 Å². The first-order valence-electron chi connectivity index (χ1n) is 8.40. The first-order valence-corrected chi connectivity index (χ1v) is 9.28. The van der Waals surface area contributed by atoms with Gasteiger partial charge in [0, 0.05) is 36.2 Å². The summed E-state index contributed by atoms with van der Waals surface area (Å²) < 4.78 is 5.64. The van der Waals surface area contributed by atoms with Crippen molar-refractivity contribution in [2.45, 2.75) is 50.6 Å². The Labute approximate surface area is 132 Å². The van der Waals surface area contributed by atoms with E-state index in [-0.39, 0.29) is 0 Å². The molecule has 4 heteroatoms. The molecule has 3 rings (SSSR count). The number of nitrogens with one attached hydrogen (secondary N) is 1. The van der Waals surface area contributed by atoms with Gasteiger partial charge in [-0.15, -0.1) is 11.3 Å². The lowest BCUT2D eigenvalue weighted by Crippen LogP contribution is -2.59. The summed E-state index contributed by atoms with van der Waals surface area (Å²) in [7, 11) is 0. The average Bonchev–Trinajstić information content (AvgIpc) is 3.09. The number of rotatable bonds is 5. The molecule has 1 aromatic rings. The van der Waals surface area contributed by atoms with Crippen LogP contribution in [0.2, 0.25) is 0 Å². The summed E-state index contributed by atoms with van der Waals surface area (Å²) in [5.74, 6) is 0. The van der Waals surface area contributed by atoms with E-state index in [2.05, 4.69) is 34.7 Å². The maximum absolute atomic E-state index is 5.64. The monoisotopic (exact) mass is 308 g/mol. The second-order valence-corrected chi connectivity index (χ2v) is 7.48. The summed E-state index contributed by atoms with van der Waals surface area (Å²) in [5, 5.41) is 5.98. The van der Waals surface area contributed by atoms with Gasteiger partial charge in [-0.25, -0.2) is 0 Å². The zero-order valence-electron chi connectivity index (χ0n) is 13.1. The minimum Gasteiger partial charge on any atom is -0.381 e. The van der Waals surface area contributed by atoms with Gasteiger partial charge >= 0.3 is 0 Å². The average molecular weight is 308 g/mol. The van der Waals surface area contributed by atoms with Crippen LogP contribution in [0.1, 0.15) is 49.9 Å². The Kier molecular flexibility index (Phi) is 5.33. The first kappa shape index (κ1) is 15.5. The molecule has 1 unspecified atom stereocenters. The second-order valence-electron chi connectivity index (χ2n) is 6.50. The van der Waals surface area contributed by atoms with Crippen LogP contribution >= 0.6 is 11.3 Å². The molecule has 2 saturated heterocycles. The Morgan fingerprint density at radius 2 is 2.05 bits per heavy atom. The van der Waals surface area contributed by atoms with E-state index in [0.29, 0.717) is 11.6 Å². The van der Waals surface area contributed by atoms with Crippen LogP contribution in [0, 0.1) is 0 Å². The van der Waals surface area contributed by atoms with Crippen LogP contribution in [0.15, 0.2) is 17.5 Å². The summed E-state index contributed by atoms with van der Waals surface area (Å²) in [6.07, 6.45) is 6.49. The van der Waals surface area contributed by atoms with Crippen molar-refractivity contribution in [2.75, 3.05) is 32.8 Å². The number of nitrogens with zero attached hydrogens (tertiary/aromatic N) is 1. The fraction of sp³-hybridized carbons (Fsp3) is 0.765. The van der Waals surface area contributed by atoms with Gasteiger partial charge in [0.2, 0.25) is 0 Å². The lowest BCUT2D eigenvalue weighted by molar-refractivity contribution is -0.0366. The van der Waals surface area contributed by atoms with Gasteiger partial charge in [0.05, 0.1) is 0 Å². The van der Waals surface area contributed by atoms with Gasteiger partial charge in [-0.3, -0.25) is 4.90 Å². The molecule has 21 heavy (non-hydrogen) atoms. The Morgan fingerprint density at radius 3 is 2.71 bits per heavy atom. The third-order valence-corrected chi connectivity index (χ3v) is 6.21. The molecule has 1 atom stereocenters. The highest BCUT2D eigenvalue weighted by Crippen LogP contribution is 2.31. The van der Waals surface area contributed by atoms with Crippen LogP contribution in [0.3, 0.4) is 0 Å². The molecule has 0 amide bonds. The van der Waals surface area contributed by atoms with E-state index in [4.69, 9.17) is 4.74 Å². The topological polar surface area (TPSA) is 24.5 Å². The van der Waals surface area contributed by atoms with E-state index in [9.17, 15) is 0 Å². The molecule has 2 aliphatic heterocycles. The molecule has 0 saturated carbocycles. The fourth-order valence-electron chi connectivity index (χ4n) is 3.71. The minimum atomic E-state index is 0.324. The molecule has 0 bridgehead atoms. The van der Waals surface area contributed by atoms with Gasteiger partial charge in [-0.2, -0.15) is 0 Å². The highest BCUT2D eigenvalue weighted by molar-refractivity contribution is 7.10. The fourth-order valence-corrected chi connectivity index (χ4v) is 4.46. The van der Waals surface area contributed by atoms with Crippen LogP contribution < -0.4 is 5.32 Å². The lowest BCUT2D eigenvalue weighted by Gasteiger charge is -2.48. The van der Waals surface area contributed by atoms with Crippen LogP contribution in [0.5, 0.6) is 0 Å². The van der Waals surface area contributed by atoms with E-state index < -0.39 is 0 Å². The number of hydrogen-bond donors (Lipinski definition) is 1. The normalized spacial score (nSPS) is 24.8. The predicted octanol–water partition coefficient (Wildman–Crippen LogP) is 3.43. The van der Waals surface area contributed by atoms with E-state index in [1.807, 2.05) is 11.3 Å². The molecule has 0 radical (unpaired) electrons. The maximum Gasteiger partial charge on any atom is 0.0484 e. The molecule has 1 aromatic heterocycles. The molecule has 1 N–H and O–H groups in total. The molecule has 2 aliphatic rings. The number of piperidine rings is 1. The van der Waals surface area contributed by atoms with Gasteiger partial charge in [0.1, 0.15) is 0 Å². The lowest BCUT2D eigenvalue weighted by atomic mass is 9.86. The van der Waals surface area contributed by atoms with Crippen molar-refractivity contribution < 1.29 is 4.74 Å². The summed E-state index contributed by atoms with van der Waals surface area (Å²) in [6, 6.07) is 4.84. The van der Waals surface area contributed by atoms with E-state index in [0.717, 1.165) is 19.8 Å². The molecule has 2 fully saturated rings. The zero-order chi connectivity index (χ0) is 14.5. The maximum atomic E-state index is 5.64. The van der Waals surface area contributed by atoms with Crippen molar-refractivity contribution in [3.05, 3.63) is 22.4 Å². The number of ether oxygens (including phenoxy) is 1. The minimum absolute atomic E-state index is 0.324. The summed E-state index contributed by atoms with van der Waals surface area (Å²) in [4.78, 5) is 4.20. The highest BCUT2D eigenvalue weighted by atomic mass is 32.1. The SMILES string of the molecule is CC(NCC1(N2CCCCC2)CCOCC1)c1cccs1. The Hall–Kier alpha value is -0.420. The van der Waals surface area contributed by atoms with Crippen LogP contribution in [-0.4, -0.2) is 43.3 Å². The summed E-state index contributed by atoms with van der Waals surface area (Å²) in [5.41, 5.74) is 0.324. The van der Waals surface area contributed by atoms with Crippen LogP contribution in [0.4, 0.5) is 0 Å². The third-order valence-electron chi connectivity index (χ3n) is 5.16. The molecule has 0 spiro atoms. The van der Waals surface area contributed by atoms with Crippen molar-refractivity contribution in [2.24, 2.45) is 0 Å². The number of thiophene rings is 1. The zero-order valence-corrected chi connectivity index (χ0v) is 14.0. The molecule has 0 aromatic carbocycles. The van der Waals surface area contributed by atoms with Crippen molar-refractivity contribution in [1.82, 2.24) is 10.2 Å². The second kappa shape index (κ2) is 7.23. The van der Waals surface area contributed by atoms with Crippen molar-refractivity contribution in [3.8, 4) is 0 Å². The smallest absolute Gasteiger partial charge is 0.0484 e. The van der Waals surface area contributed by atoms with E-state index >= 15 is 0 Å². The quantitative estimate of drug-likeness (QED) is 0.902. The molecular formula is C17H28N2OS. The summed E-state index contributed by atoms with van der Waals surface area (Å²) in [6.45, 7) is 7.77. The molecule has 3 heterocycles. The van der Waals surface area contributed by atoms with Crippen molar-refractivity contribution in [3.63, 3.8) is 0 Å². The first-order chi connectivity index (χ1) is 10.3. The van der Waals surface area contributed by atoms with E-state index in [1.165, 1.54) is 50.1 Å². The Balaban J connectivity index is 1.64. The molecular weight excluding hydrogens is 280 g/mol. The molecule has 3 nitrogen and oxygen atoms in total. The Bertz CT molecular complexity index is 408. The van der Waals surface area contributed by atoms with Gasteiger partial charge in [0.15, 0.2) is 0 Å². The number of likely N-dealkylation sites (tertiary alicyclic amines) is 1. The standard InChI is InChI=1S/C17H28N2OS/c1-15(16-6-5-13-21-16)18-14-17(7-11-20-12-8-17)19-9-3-2-4-10-19/h5-6,13,15,18H,2-4,7-12,14H2,1H3. The van der Waals surface area contributed by atoms with E-state index in [1.54, 1.807) is 0 Å². The Morgan fingerprint density at radius 1 is 1.29 bits per heavy atom. The molecule has 0 aliphatic carbocycles. The van der Waals surface area contributed by atoms with Crippen LogP contribution in [0.25, 0.3) is 0 Å².